The molecule has 4 aromatic rings. The van der Waals surface area contributed by atoms with Gasteiger partial charge >= 0.3 is 236 Å². The molecule has 190 valence electrons. The Hall–Kier alpha value is -2.68. The molecule has 0 fully saturated rings. The summed E-state index contributed by atoms with van der Waals surface area (Å²) in [5.74, 6) is 1.65. The second kappa shape index (κ2) is 12.2. The molecule has 0 bridgehead atoms. The zero-order chi connectivity index (χ0) is 25.6. The topological polar surface area (TPSA) is 86.5 Å². The van der Waals surface area contributed by atoms with Crippen molar-refractivity contribution in [3.05, 3.63) is 115 Å². The van der Waals surface area contributed by atoms with Crippen molar-refractivity contribution in [3.63, 3.8) is 0 Å². The van der Waals surface area contributed by atoms with Crippen LogP contribution in [0.4, 0.5) is 5.69 Å². The van der Waals surface area contributed by atoms with Gasteiger partial charge < -0.3 is 0 Å². The maximum atomic E-state index is 11.1. The number of benzene rings is 3. The summed E-state index contributed by atoms with van der Waals surface area (Å²) < 4.78 is 14.9. The Morgan fingerprint density at radius 3 is 2.65 bits per heavy atom. The molecule has 0 aliphatic carbocycles. The van der Waals surface area contributed by atoms with E-state index >= 15 is 0 Å². The van der Waals surface area contributed by atoms with Gasteiger partial charge in [-0.3, -0.25) is 0 Å². The molecule has 0 amide bonds. The van der Waals surface area contributed by atoms with Gasteiger partial charge in [-0.05, 0) is 0 Å². The van der Waals surface area contributed by atoms with Crippen LogP contribution in [0.3, 0.4) is 0 Å². The van der Waals surface area contributed by atoms with Crippen molar-refractivity contribution in [2.24, 2.45) is 0 Å². The maximum absolute atomic E-state index is 11.1. The quantitative estimate of drug-likeness (QED) is 0.160. The fraction of sp³-hybridized carbons (Fsp3) is 0.111. The number of ether oxygens (including phenoxy) is 2. The summed E-state index contributed by atoms with van der Waals surface area (Å²) >= 11 is 1.23. The molecular weight excluding hydrogens is 716 g/mol. The van der Waals surface area contributed by atoms with Crippen molar-refractivity contribution in [2.75, 3.05) is 7.11 Å². The van der Waals surface area contributed by atoms with E-state index in [4.69, 9.17) is 14.5 Å². The molecule has 5 rings (SSSR count). The predicted molar refractivity (Wildman–Crippen MR) is 151 cm³/mol. The van der Waals surface area contributed by atoms with Gasteiger partial charge in [0.05, 0.1) is 0 Å². The van der Waals surface area contributed by atoms with Gasteiger partial charge in [0.1, 0.15) is 0 Å². The van der Waals surface area contributed by atoms with E-state index < -0.39 is 0 Å². The van der Waals surface area contributed by atoms with E-state index in [1.807, 2.05) is 54.6 Å². The number of nitro groups is 1. The Kier molecular flexibility index (Phi) is 8.59. The molecule has 7 nitrogen and oxygen atoms in total. The van der Waals surface area contributed by atoms with Crippen LogP contribution in [0, 0.1) is 10.1 Å². The van der Waals surface area contributed by atoms with E-state index in [1.165, 1.54) is 0 Å². The first kappa shape index (κ1) is 25.9. The first-order valence-corrected chi connectivity index (χ1v) is 20.8. The average molecular weight is 738 g/mol. The number of non-ortho nitro benzene ring substituents is 1. The summed E-state index contributed by atoms with van der Waals surface area (Å²) in [4.78, 5) is 15.7. The van der Waals surface area contributed by atoms with E-state index in [9.17, 15) is 10.1 Å². The predicted octanol–water partition coefficient (Wildman–Crippen LogP) is 3.69. The molecule has 3 aromatic carbocycles. The third-order valence-corrected chi connectivity index (χ3v) is 14.1. The number of hydrogen-bond acceptors (Lipinski definition) is 7. The van der Waals surface area contributed by atoms with E-state index in [-0.39, 0.29) is 50.6 Å². The summed E-state index contributed by atoms with van der Waals surface area (Å²) in [6.45, 7) is 0. The van der Waals surface area contributed by atoms with E-state index in [1.54, 1.807) is 30.6 Å². The summed E-state index contributed by atoms with van der Waals surface area (Å²) in [7, 11) is 1.66. The molecule has 0 saturated carbocycles. The van der Waals surface area contributed by atoms with Crippen LogP contribution >= 0.6 is 28.1 Å². The fourth-order valence-corrected chi connectivity index (χ4v) is 11.4. The van der Waals surface area contributed by atoms with Crippen LogP contribution in [0.5, 0.6) is 5.75 Å². The van der Waals surface area contributed by atoms with Gasteiger partial charge in [-0.2, -0.15) is 0 Å². The van der Waals surface area contributed by atoms with Crippen molar-refractivity contribution in [1.29, 1.82) is 0 Å². The van der Waals surface area contributed by atoms with Crippen LogP contribution in [0.25, 0.3) is 16.3 Å². The number of halogens is 2. The van der Waals surface area contributed by atoms with Crippen molar-refractivity contribution < 1.29 is 31.6 Å². The normalized spacial score (nSPS) is 14.2. The van der Waals surface area contributed by atoms with Crippen LogP contribution in [0.1, 0.15) is 22.9 Å². The number of nitro benzene ring substituents is 1. The molecule has 0 spiro atoms. The number of aromatic nitrogens is 1. The van der Waals surface area contributed by atoms with Crippen LogP contribution < -0.4 is 27.3 Å². The Bertz CT molecular complexity index is 1460. The Balaban J connectivity index is 1.39. The summed E-state index contributed by atoms with van der Waals surface area (Å²) in [6, 6.07) is 24.6. The van der Waals surface area contributed by atoms with E-state index in [2.05, 4.69) is 26.9 Å². The van der Waals surface area contributed by atoms with Crippen molar-refractivity contribution in [3.8, 4) is 16.3 Å². The number of nitrogens with one attached hydrogen (secondary N) is 1. The fourth-order valence-electron chi connectivity index (χ4n) is 3.69. The van der Waals surface area contributed by atoms with Crippen LogP contribution in [-0.4, -0.2) is 20.8 Å². The molecule has 1 N–H and O–H groups in total. The molecular formula is C27H22I2N3O4S-. The Morgan fingerprint density at radius 1 is 1.11 bits per heavy atom. The molecule has 0 saturated heterocycles. The third-order valence-electron chi connectivity index (χ3n) is 5.57. The van der Waals surface area contributed by atoms with Crippen LogP contribution in [0.2, 0.25) is 0 Å². The molecule has 37 heavy (non-hydrogen) atoms. The molecule has 10 heteroatoms. The molecule has 1 aromatic heterocycles. The van der Waals surface area contributed by atoms with Crippen molar-refractivity contribution in [2.45, 2.75) is 12.5 Å². The summed E-state index contributed by atoms with van der Waals surface area (Å²) in [5.41, 5.74) is 4.08. The van der Waals surface area contributed by atoms with E-state index in [0.29, 0.717) is 6.42 Å². The Morgan fingerprint density at radius 2 is 1.89 bits per heavy atom. The van der Waals surface area contributed by atoms with Crippen LogP contribution in [-0.2, 0) is 11.2 Å². The first-order chi connectivity index (χ1) is 18.1. The minimum absolute atomic E-state index is 0.0851. The SMILES string of the molecule is COc1cccc(C2=C[I-]I=C(N[C@@H](Cc3ccc([N+](=O)[O-])cc3)c3csc(-c4ccccc4)n3)O2)c1. The number of methoxy groups -OCH3 is 1. The molecule has 1 atom stereocenters. The van der Waals surface area contributed by atoms with Crippen molar-refractivity contribution in [1.82, 2.24) is 10.3 Å². The Labute approximate surface area is 234 Å². The molecule has 0 radical (unpaired) electrons. The monoisotopic (exact) mass is 738 g/mol. The third kappa shape index (κ3) is 6.61. The second-order valence-corrected chi connectivity index (χ2v) is 17.2. The summed E-state index contributed by atoms with van der Waals surface area (Å²) in [5, 5.41) is 17.8. The second-order valence-electron chi connectivity index (χ2n) is 8.00. The number of nitrogens with zero attached hydrogens (tertiary/aromatic N) is 2. The van der Waals surface area contributed by atoms with Gasteiger partial charge in [0, 0.05) is 0 Å². The first-order valence-electron chi connectivity index (χ1n) is 11.3. The number of hydrogen-bond donors (Lipinski definition) is 1. The minimum atomic E-state index is -0.377. The van der Waals surface area contributed by atoms with Gasteiger partial charge in [0.25, 0.3) is 0 Å². The molecule has 1 aliphatic rings. The molecule has 2 heterocycles. The zero-order valence-electron chi connectivity index (χ0n) is 19.6. The van der Waals surface area contributed by atoms with Crippen LogP contribution in [0.15, 0.2) is 88.3 Å². The zero-order valence-corrected chi connectivity index (χ0v) is 24.8. The number of thiazole rings is 1. The molecule has 1 aliphatic heterocycles. The van der Waals surface area contributed by atoms with Gasteiger partial charge in [-0.1, -0.05) is 0 Å². The van der Waals surface area contributed by atoms with Gasteiger partial charge in [0.2, 0.25) is 0 Å². The van der Waals surface area contributed by atoms with Crippen molar-refractivity contribution >= 4 is 43.4 Å². The van der Waals surface area contributed by atoms with Gasteiger partial charge in [0.15, 0.2) is 0 Å². The molecule has 0 unspecified atom stereocenters. The number of rotatable bonds is 9. The van der Waals surface area contributed by atoms with Gasteiger partial charge in [-0.25, -0.2) is 0 Å². The van der Waals surface area contributed by atoms with Gasteiger partial charge in [-0.15, -0.1) is 0 Å². The van der Waals surface area contributed by atoms with E-state index in [0.717, 1.165) is 42.7 Å². The standard InChI is InChI=1S/C27H22I2N3O4S/c1-35-22-9-5-8-20(15-22)25-16-28-29-27(36-25)31-23(14-18-10-12-21(13-11-18)32(33)34)24-17-37-26(30-24)19-6-3-2-4-7-19/h2-13,15-17,23,31H,14H2,1H3/q-1/t23-/m0/s1. The summed E-state index contributed by atoms with van der Waals surface area (Å²) in [6.07, 6.45) is 0.628. The average Bonchev–Trinajstić information content (AvgIpc) is 3.44.